The standard InChI is InChI=1S/C7H8F2O4/c8-6(10)12-4-1-2-5(3-4)13-7(9)11/h4-5H,1-3H2. The second kappa shape index (κ2) is 4.15. The summed E-state index contributed by atoms with van der Waals surface area (Å²) in [6, 6.07) is 0. The lowest BCUT2D eigenvalue weighted by Gasteiger charge is -2.08. The molecule has 0 saturated heterocycles. The van der Waals surface area contributed by atoms with Gasteiger partial charge in [0.25, 0.3) is 0 Å². The Hall–Kier alpha value is -1.20. The third kappa shape index (κ3) is 3.35. The molecule has 0 aromatic carbocycles. The largest absolute Gasteiger partial charge is 0.495 e. The fourth-order valence-electron chi connectivity index (χ4n) is 1.38. The van der Waals surface area contributed by atoms with E-state index in [4.69, 9.17) is 0 Å². The molecule has 2 unspecified atom stereocenters. The van der Waals surface area contributed by atoms with Crippen molar-refractivity contribution in [3.05, 3.63) is 0 Å². The monoisotopic (exact) mass is 194 g/mol. The Kier molecular flexibility index (Phi) is 3.16. The topological polar surface area (TPSA) is 52.6 Å². The number of halogens is 2. The Morgan fingerprint density at radius 2 is 1.38 bits per heavy atom. The van der Waals surface area contributed by atoms with Gasteiger partial charge < -0.3 is 9.47 Å². The SMILES string of the molecule is O=C(F)OC1CCC(OC(=O)F)C1. The Balaban J connectivity index is 2.27. The van der Waals surface area contributed by atoms with E-state index in [1.807, 2.05) is 0 Å². The summed E-state index contributed by atoms with van der Waals surface area (Å²) in [5.74, 6) is 0. The molecule has 0 spiro atoms. The first-order valence-corrected chi connectivity index (χ1v) is 3.80. The fraction of sp³-hybridized carbons (Fsp3) is 0.714. The molecule has 1 rings (SSSR count). The molecule has 0 aliphatic heterocycles. The maximum atomic E-state index is 11.7. The molecule has 1 fully saturated rings. The number of carbonyl (C=O) groups is 2. The van der Waals surface area contributed by atoms with Gasteiger partial charge in [0.1, 0.15) is 12.2 Å². The smallest absolute Gasteiger partial charge is 0.437 e. The van der Waals surface area contributed by atoms with Gasteiger partial charge in [-0.1, -0.05) is 0 Å². The lowest BCUT2D eigenvalue weighted by Crippen LogP contribution is -2.15. The summed E-state index contributed by atoms with van der Waals surface area (Å²) >= 11 is 0. The zero-order valence-corrected chi connectivity index (χ0v) is 6.66. The molecule has 0 heterocycles. The van der Waals surface area contributed by atoms with E-state index in [0.29, 0.717) is 12.8 Å². The number of rotatable bonds is 2. The van der Waals surface area contributed by atoms with Crippen molar-refractivity contribution in [3.8, 4) is 0 Å². The molecule has 0 aromatic rings. The van der Waals surface area contributed by atoms with Crippen LogP contribution in [0.15, 0.2) is 0 Å². The molecule has 0 N–H and O–H groups in total. The molecule has 1 aliphatic rings. The molecule has 0 aromatic heterocycles. The molecule has 0 amide bonds. The molecular formula is C7H8F2O4. The first kappa shape index (κ1) is 9.88. The highest BCUT2D eigenvalue weighted by molar-refractivity contribution is 5.59. The molecule has 4 nitrogen and oxygen atoms in total. The highest BCUT2D eigenvalue weighted by atomic mass is 19.2. The predicted molar refractivity (Wildman–Crippen MR) is 36.6 cm³/mol. The van der Waals surface area contributed by atoms with Crippen molar-refractivity contribution >= 4 is 12.4 Å². The first-order valence-electron chi connectivity index (χ1n) is 3.80. The molecule has 74 valence electrons. The van der Waals surface area contributed by atoms with E-state index >= 15 is 0 Å². The van der Waals surface area contributed by atoms with Crippen LogP contribution in [0.2, 0.25) is 0 Å². The van der Waals surface area contributed by atoms with Crippen LogP contribution in [0.25, 0.3) is 0 Å². The van der Waals surface area contributed by atoms with Crippen molar-refractivity contribution in [2.45, 2.75) is 31.5 Å². The maximum Gasteiger partial charge on any atom is 0.495 e. The van der Waals surface area contributed by atoms with Gasteiger partial charge in [0.15, 0.2) is 0 Å². The molecule has 6 heteroatoms. The fourth-order valence-corrected chi connectivity index (χ4v) is 1.38. The van der Waals surface area contributed by atoms with Gasteiger partial charge in [0, 0.05) is 6.42 Å². The molecule has 0 bridgehead atoms. The lowest BCUT2D eigenvalue weighted by atomic mass is 10.3. The lowest BCUT2D eigenvalue weighted by molar-refractivity contribution is 0.0550. The van der Waals surface area contributed by atoms with Crippen LogP contribution in [0, 0.1) is 0 Å². The molecular weight excluding hydrogens is 186 g/mol. The quantitative estimate of drug-likeness (QED) is 0.631. The van der Waals surface area contributed by atoms with Crippen molar-refractivity contribution in [2.24, 2.45) is 0 Å². The minimum atomic E-state index is -1.86. The van der Waals surface area contributed by atoms with Crippen LogP contribution in [0.4, 0.5) is 18.4 Å². The summed E-state index contributed by atoms with van der Waals surface area (Å²) in [7, 11) is 0. The third-order valence-electron chi connectivity index (χ3n) is 1.86. The minimum absolute atomic E-state index is 0.158. The van der Waals surface area contributed by atoms with E-state index in [2.05, 4.69) is 9.47 Å². The van der Waals surface area contributed by atoms with Crippen LogP contribution < -0.4 is 0 Å². The van der Waals surface area contributed by atoms with Crippen LogP contribution >= 0.6 is 0 Å². The summed E-state index contributed by atoms with van der Waals surface area (Å²) in [6.07, 6.45) is -4.02. The van der Waals surface area contributed by atoms with Crippen molar-refractivity contribution < 1.29 is 27.8 Å². The van der Waals surface area contributed by atoms with E-state index in [-0.39, 0.29) is 6.42 Å². The molecule has 1 saturated carbocycles. The number of hydrogen-bond acceptors (Lipinski definition) is 4. The maximum absolute atomic E-state index is 11.7. The van der Waals surface area contributed by atoms with Crippen molar-refractivity contribution in [1.29, 1.82) is 0 Å². The predicted octanol–water partition coefficient (Wildman–Crippen LogP) is 2.12. The Morgan fingerprint density at radius 3 is 1.69 bits per heavy atom. The average Bonchev–Trinajstić information content (AvgIpc) is 2.33. The van der Waals surface area contributed by atoms with E-state index in [1.54, 1.807) is 0 Å². The van der Waals surface area contributed by atoms with Gasteiger partial charge in [-0.2, -0.15) is 0 Å². The average molecular weight is 194 g/mol. The Labute approximate surface area is 72.8 Å². The Morgan fingerprint density at radius 1 is 1.00 bits per heavy atom. The second-order valence-corrected chi connectivity index (χ2v) is 2.77. The van der Waals surface area contributed by atoms with Crippen LogP contribution in [-0.4, -0.2) is 24.7 Å². The van der Waals surface area contributed by atoms with E-state index < -0.39 is 24.7 Å². The van der Waals surface area contributed by atoms with Crippen LogP contribution in [0.3, 0.4) is 0 Å². The van der Waals surface area contributed by atoms with Crippen molar-refractivity contribution in [2.75, 3.05) is 0 Å². The Bertz CT molecular complexity index is 197. The van der Waals surface area contributed by atoms with E-state index in [1.165, 1.54) is 0 Å². The van der Waals surface area contributed by atoms with Crippen molar-refractivity contribution in [1.82, 2.24) is 0 Å². The second-order valence-electron chi connectivity index (χ2n) is 2.77. The summed E-state index contributed by atoms with van der Waals surface area (Å²) < 4.78 is 31.8. The summed E-state index contributed by atoms with van der Waals surface area (Å²) in [6.45, 7) is 0. The number of carbonyl (C=O) groups excluding carboxylic acids is 2. The number of hydrogen-bond donors (Lipinski definition) is 0. The number of ether oxygens (including phenoxy) is 2. The third-order valence-corrected chi connectivity index (χ3v) is 1.86. The van der Waals surface area contributed by atoms with Crippen LogP contribution in [-0.2, 0) is 9.47 Å². The van der Waals surface area contributed by atoms with Crippen LogP contribution in [0.5, 0.6) is 0 Å². The van der Waals surface area contributed by atoms with E-state index in [0.717, 1.165) is 0 Å². The summed E-state index contributed by atoms with van der Waals surface area (Å²) in [5, 5.41) is 0. The first-order chi connectivity index (χ1) is 6.08. The highest BCUT2D eigenvalue weighted by Gasteiger charge is 2.30. The highest BCUT2D eigenvalue weighted by Crippen LogP contribution is 2.25. The normalized spacial score (nSPS) is 26.9. The summed E-state index contributed by atoms with van der Waals surface area (Å²) in [4.78, 5) is 19.7. The molecule has 13 heavy (non-hydrogen) atoms. The minimum Gasteiger partial charge on any atom is -0.437 e. The van der Waals surface area contributed by atoms with Crippen LogP contribution in [0.1, 0.15) is 19.3 Å². The van der Waals surface area contributed by atoms with Gasteiger partial charge in [-0.15, -0.1) is 8.78 Å². The summed E-state index contributed by atoms with van der Waals surface area (Å²) in [5.41, 5.74) is 0. The van der Waals surface area contributed by atoms with E-state index in [9.17, 15) is 18.4 Å². The molecule has 2 atom stereocenters. The van der Waals surface area contributed by atoms with Gasteiger partial charge in [-0.3, -0.25) is 0 Å². The molecule has 0 radical (unpaired) electrons. The van der Waals surface area contributed by atoms with Gasteiger partial charge in [-0.05, 0) is 12.8 Å². The zero-order chi connectivity index (χ0) is 9.84. The van der Waals surface area contributed by atoms with Gasteiger partial charge >= 0.3 is 12.4 Å². The van der Waals surface area contributed by atoms with Gasteiger partial charge in [0.2, 0.25) is 0 Å². The van der Waals surface area contributed by atoms with Gasteiger partial charge in [0.05, 0.1) is 0 Å². The zero-order valence-electron chi connectivity index (χ0n) is 6.66. The van der Waals surface area contributed by atoms with Crippen molar-refractivity contribution in [3.63, 3.8) is 0 Å². The van der Waals surface area contributed by atoms with Gasteiger partial charge in [-0.25, -0.2) is 9.59 Å². The molecule has 1 aliphatic carbocycles.